The molecule has 0 bridgehead atoms. The zero-order valence-electron chi connectivity index (χ0n) is 14.9. The van der Waals surface area contributed by atoms with E-state index in [1.165, 1.54) is 11.8 Å². The minimum atomic E-state index is -0.293. The van der Waals surface area contributed by atoms with Gasteiger partial charge in [-0.3, -0.25) is 4.79 Å². The number of carbonyl (C=O) groups is 1. The molecule has 1 aromatic carbocycles. The molecule has 1 amide bonds. The summed E-state index contributed by atoms with van der Waals surface area (Å²) in [7, 11) is 0. The minimum absolute atomic E-state index is 0.246. The Morgan fingerprint density at radius 3 is 2.50 bits per heavy atom. The number of benzene rings is 1. The standard InChI is InChI=1S/C19H27N3O2/c1-5-13(4)14-6-8-15(9-7-14)21-18(23)17-11-24-19(22-17)16(20)10-12(2)3/h6-9,11-13,16H,5,10,20H2,1-4H3,(H,21,23). The maximum atomic E-state index is 12.3. The van der Waals surface area contributed by atoms with Crippen LogP contribution in [0.5, 0.6) is 0 Å². The van der Waals surface area contributed by atoms with E-state index in [1.54, 1.807) is 0 Å². The van der Waals surface area contributed by atoms with E-state index in [0.29, 0.717) is 17.7 Å². The zero-order valence-corrected chi connectivity index (χ0v) is 14.9. The summed E-state index contributed by atoms with van der Waals surface area (Å²) >= 11 is 0. The fraction of sp³-hybridized carbons (Fsp3) is 0.474. The largest absolute Gasteiger partial charge is 0.446 e. The lowest BCUT2D eigenvalue weighted by atomic mass is 9.99. The van der Waals surface area contributed by atoms with Crippen LogP contribution in [0.3, 0.4) is 0 Å². The number of hydrogen-bond donors (Lipinski definition) is 2. The Bertz CT molecular complexity index is 662. The molecule has 1 aromatic heterocycles. The highest BCUT2D eigenvalue weighted by atomic mass is 16.3. The fourth-order valence-corrected chi connectivity index (χ4v) is 2.50. The highest BCUT2D eigenvalue weighted by Crippen LogP contribution is 2.21. The zero-order chi connectivity index (χ0) is 17.7. The summed E-state index contributed by atoms with van der Waals surface area (Å²) in [5.41, 5.74) is 8.28. The van der Waals surface area contributed by atoms with Gasteiger partial charge in [-0.05, 0) is 42.4 Å². The van der Waals surface area contributed by atoms with Gasteiger partial charge in [0.05, 0.1) is 6.04 Å². The number of anilines is 1. The molecule has 0 aliphatic carbocycles. The SMILES string of the molecule is CCC(C)c1ccc(NC(=O)c2coc(C(N)CC(C)C)n2)cc1. The van der Waals surface area contributed by atoms with E-state index in [2.05, 4.69) is 38.0 Å². The van der Waals surface area contributed by atoms with Crippen LogP contribution in [0.15, 0.2) is 34.9 Å². The van der Waals surface area contributed by atoms with Crippen molar-refractivity contribution in [1.82, 2.24) is 4.98 Å². The van der Waals surface area contributed by atoms with Crippen molar-refractivity contribution in [2.45, 2.75) is 52.5 Å². The molecule has 0 saturated carbocycles. The van der Waals surface area contributed by atoms with Gasteiger partial charge < -0.3 is 15.5 Å². The third-order valence-corrected chi connectivity index (χ3v) is 4.15. The van der Waals surface area contributed by atoms with Crippen molar-refractivity contribution in [2.75, 3.05) is 5.32 Å². The van der Waals surface area contributed by atoms with Gasteiger partial charge >= 0.3 is 0 Å². The van der Waals surface area contributed by atoms with E-state index in [4.69, 9.17) is 10.2 Å². The van der Waals surface area contributed by atoms with Crippen molar-refractivity contribution < 1.29 is 9.21 Å². The summed E-state index contributed by atoms with van der Waals surface area (Å²) in [5, 5.41) is 2.83. The Hall–Kier alpha value is -2.14. The lowest BCUT2D eigenvalue weighted by Crippen LogP contribution is -2.15. The molecule has 2 rings (SSSR count). The predicted molar refractivity (Wildman–Crippen MR) is 96.0 cm³/mol. The molecule has 5 heteroatoms. The lowest BCUT2D eigenvalue weighted by Gasteiger charge is -2.10. The summed E-state index contributed by atoms with van der Waals surface area (Å²) in [4.78, 5) is 16.5. The molecule has 24 heavy (non-hydrogen) atoms. The van der Waals surface area contributed by atoms with Crippen LogP contribution in [-0.4, -0.2) is 10.9 Å². The van der Waals surface area contributed by atoms with Crippen molar-refractivity contribution >= 4 is 11.6 Å². The average molecular weight is 329 g/mol. The molecule has 0 radical (unpaired) electrons. The number of aromatic nitrogens is 1. The van der Waals surface area contributed by atoms with Crippen molar-refractivity contribution in [3.05, 3.63) is 47.7 Å². The van der Waals surface area contributed by atoms with Gasteiger partial charge in [0.2, 0.25) is 5.89 Å². The Balaban J connectivity index is 2.01. The summed E-state index contributed by atoms with van der Waals surface area (Å²) < 4.78 is 5.35. The van der Waals surface area contributed by atoms with Crippen molar-refractivity contribution in [2.24, 2.45) is 11.7 Å². The van der Waals surface area contributed by atoms with Gasteiger partial charge in [0.15, 0.2) is 5.69 Å². The maximum absolute atomic E-state index is 12.3. The van der Waals surface area contributed by atoms with Crippen molar-refractivity contribution in [3.8, 4) is 0 Å². The van der Waals surface area contributed by atoms with Crippen LogP contribution in [0, 0.1) is 5.92 Å². The van der Waals surface area contributed by atoms with Crippen LogP contribution in [-0.2, 0) is 0 Å². The molecular weight excluding hydrogens is 302 g/mol. The quantitative estimate of drug-likeness (QED) is 0.784. The van der Waals surface area contributed by atoms with E-state index < -0.39 is 0 Å². The van der Waals surface area contributed by atoms with Gasteiger partial charge in [-0.2, -0.15) is 0 Å². The first-order chi connectivity index (χ1) is 11.4. The maximum Gasteiger partial charge on any atom is 0.277 e. The number of nitrogens with two attached hydrogens (primary N) is 1. The predicted octanol–water partition coefficient (Wildman–Crippen LogP) is 4.49. The van der Waals surface area contributed by atoms with Crippen LogP contribution < -0.4 is 11.1 Å². The normalized spacial score (nSPS) is 13.8. The van der Waals surface area contributed by atoms with E-state index in [9.17, 15) is 4.79 Å². The molecular formula is C19H27N3O2. The number of carbonyl (C=O) groups excluding carboxylic acids is 1. The number of nitrogens with one attached hydrogen (secondary N) is 1. The second-order valence-electron chi connectivity index (χ2n) is 6.69. The smallest absolute Gasteiger partial charge is 0.277 e. The molecule has 0 aliphatic rings. The van der Waals surface area contributed by atoms with Crippen LogP contribution >= 0.6 is 0 Å². The first kappa shape index (κ1) is 18.2. The first-order valence-electron chi connectivity index (χ1n) is 8.53. The summed E-state index contributed by atoms with van der Waals surface area (Å²) in [6.45, 7) is 8.51. The summed E-state index contributed by atoms with van der Waals surface area (Å²) in [6, 6.07) is 7.60. The van der Waals surface area contributed by atoms with Crippen LogP contribution in [0.2, 0.25) is 0 Å². The molecule has 0 aliphatic heterocycles. The number of oxazole rings is 1. The van der Waals surface area contributed by atoms with E-state index in [1.807, 2.05) is 24.3 Å². The van der Waals surface area contributed by atoms with Gasteiger partial charge in [0.25, 0.3) is 5.91 Å². The molecule has 2 atom stereocenters. The van der Waals surface area contributed by atoms with Gasteiger partial charge in [-0.25, -0.2) is 4.98 Å². The molecule has 130 valence electrons. The molecule has 2 aromatic rings. The molecule has 0 fully saturated rings. The monoisotopic (exact) mass is 329 g/mol. The van der Waals surface area contributed by atoms with Crippen molar-refractivity contribution in [1.29, 1.82) is 0 Å². The van der Waals surface area contributed by atoms with Gasteiger partial charge in [-0.15, -0.1) is 0 Å². The minimum Gasteiger partial charge on any atom is -0.446 e. The third kappa shape index (κ3) is 4.68. The van der Waals surface area contributed by atoms with Gasteiger partial charge in [0.1, 0.15) is 6.26 Å². The Morgan fingerprint density at radius 2 is 1.92 bits per heavy atom. The van der Waals surface area contributed by atoms with E-state index in [-0.39, 0.29) is 17.6 Å². The Kier molecular flexibility index (Phi) is 6.15. The molecule has 2 unspecified atom stereocenters. The number of amides is 1. The van der Waals surface area contributed by atoms with Crippen LogP contribution in [0.4, 0.5) is 5.69 Å². The Labute approximate surface area is 143 Å². The number of rotatable bonds is 7. The highest BCUT2D eigenvalue weighted by molar-refractivity contribution is 6.02. The lowest BCUT2D eigenvalue weighted by molar-refractivity contribution is 0.102. The van der Waals surface area contributed by atoms with Crippen molar-refractivity contribution in [3.63, 3.8) is 0 Å². The molecule has 3 N–H and O–H groups in total. The third-order valence-electron chi connectivity index (χ3n) is 4.15. The van der Waals surface area contributed by atoms with E-state index in [0.717, 1.165) is 18.5 Å². The average Bonchev–Trinajstić information content (AvgIpc) is 3.04. The molecule has 0 saturated heterocycles. The summed E-state index contributed by atoms with van der Waals surface area (Å²) in [5.74, 6) is 1.06. The molecule has 0 spiro atoms. The van der Waals surface area contributed by atoms with E-state index >= 15 is 0 Å². The second-order valence-corrected chi connectivity index (χ2v) is 6.69. The Morgan fingerprint density at radius 1 is 1.25 bits per heavy atom. The van der Waals surface area contributed by atoms with Gasteiger partial charge in [0, 0.05) is 5.69 Å². The highest BCUT2D eigenvalue weighted by Gasteiger charge is 2.18. The van der Waals surface area contributed by atoms with Crippen LogP contribution in [0.1, 0.15) is 74.4 Å². The molecule has 5 nitrogen and oxygen atoms in total. The van der Waals surface area contributed by atoms with Crippen LogP contribution in [0.25, 0.3) is 0 Å². The second kappa shape index (κ2) is 8.11. The summed E-state index contributed by atoms with van der Waals surface area (Å²) in [6.07, 6.45) is 3.21. The number of nitrogens with zero attached hydrogens (tertiary/aromatic N) is 1. The van der Waals surface area contributed by atoms with Gasteiger partial charge in [-0.1, -0.05) is 39.8 Å². The fourth-order valence-electron chi connectivity index (χ4n) is 2.50. The molecule has 1 heterocycles. The first-order valence-corrected chi connectivity index (χ1v) is 8.53. The number of hydrogen-bond acceptors (Lipinski definition) is 4. The topological polar surface area (TPSA) is 81.2 Å².